The van der Waals surface area contributed by atoms with Crippen LogP contribution in [0.25, 0.3) is 0 Å². The first kappa shape index (κ1) is 34.4. The van der Waals surface area contributed by atoms with Gasteiger partial charge in [-0.2, -0.15) is 0 Å². The number of fused-ring (bicyclic) bond motifs is 2. The van der Waals surface area contributed by atoms with Crippen LogP contribution in [0.2, 0.25) is 0 Å². The van der Waals surface area contributed by atoms with E-state index in [1.54, 1.807) is 22.9 Å². The molecule has 7 atom stereocenters. The van der Waals surface area contributed by atoms with Crippen molar-refractivity contribution < 1.29 is 33.8 Å². The van der Waals surface area contributed by atoms with Crippen molar-refractivity contribution in [2.75, 3.05) is 26.7 Å². The molecule has 0 bridgehead atoms. The van der Waals surface area contributed by atoms with Gasteiger partial charge < -0.3 is 29.3 Å². The van der Waals surface area contributed by atoms with Crippen LogP contribution in [0.1, 0.15) is 89.2 Å². The van der Waals surface area contributed by atoms with Crippen molar-refractivity contribution >= 4 is 23.7 Å². The van der Waals surface area contributed by atoms with E-state index in [2.05, 4.69) is 0 Å². The van der Waals surface area contributed by atoms with Crippen LogP contribution >= 0.6 is 0 Å². The van der Waals surface area contributed by atoms with Gasteiger partial charge in [0, 0.05) is 39.2 Å². The Bertz CT molecular complexity index is 1390. The van der Waals surface area contributed by atoms with E-state index < -0.39 is 47.7 Å². The Balaban J connectivity index is 1.39. The van der Waals surface area contributed by atoms with Crippen LogP contribution in [0, 0.1) is 11.8 Å². The summed E-state index contributed by atoms with van der Waals surface area (Å²) in [4.78, 5) is 62.4. The number of amides is 3. The summed E-state index contributed by atoms with van der Waals surface area (Å²) >= 11 is 0. The zero-order valence-electron chi connectivity index (χ0n) is 28.4. The number of benzene rings is 1. The van der Waals surface area contributed by atoms with E-state index in [4.69, 9.17) is 9.47 Å². The molecule has 5 aliphatic rings. The fraction of sp³-hybridized carbons (Fsp3) is 0.632. The SMILES string of the molecule is C[C@@H]1[C@@H](c2ccccc2)OC(=O)[C@@H]2[C@H]3C(=O)N(CCCCCCO)[C@@H]4C(=O)N(C5CCCCC5)CC=C[C@]34O[C@@H]2/C=C\CCC(=O)N1C. The van der Waals surface area contributed by atoms with Gasteiger partial charge in [0.2, 0.25) is 17.7 Å². The Morgan fingerprint density at radius 1 is 0.938 bits per heavy atom. The largest absolute Gasteiger partial charge is 0.455 e. The number of likely N-dealkylation sites (N-methyl/N-ethyl adjacent to an activating group) is 1. The Hall–Kier alpha value is -3.50. The normalized spacial score (nSPS) is 33.8. The number of carbonyl (C=O) groups excluding carboxylic acids is 4. The van der Waals surface area contributed by atoms with Gasteiger partial charge in [0.15, 0.2) is 0 Å². The number of rotatable bonds is 8. The molecule has 10 nitrogen and oxygen atoms in total. The smallest absolute Gasteiger partial charge is 0.313 e. The summed E-state index contributed by atoms with van der Waals surface area (Å²) in [5, 5.41) is 9.28. The molecule has 3 fully saturated rings. The third-order valence-corrected chi connectivity index (χ3v) is 11.3. The molecule has 10 heteroatoms. The highest BCUT2D eigenvalue weighted by Crippen LogP contribution is 2.53. The molecule has 4 heterocycles. The first-order valence-corrected chi connectivity index (χ1v) is 18.0. The molecule has 0 aromatic heterocycles. The van der Waals surface area contributed by atoms with Crippen LogP contribution < -0.4 is 0 Å². The number of unbranched alkanes of at least 4 members (excludes halogenated alkanes) is 3. The van der Waals surface area contributed by atoms with E-state index in [0.29, 0.717) is 32.4 Å². The molecule has 48 heavy (non-hydrogen) atoms. The molecule has 1 spiro atoms. The van der Waals surface area contributed by atoms with Crippen molar-refractivity contribution in [2.24, 2.45) is 11.8 Å². The molecule has 0 radical (unpaired) electrons. The van der Waals surface area contributed by atoms with Crippen LogP contribution in [-0.4, -0.2) is 100 Å². The second-order valence-corrected chi connectivity index (χ2v) is 14.2. The zero-order chi connectivity index (χ0) is 33.8. The second kappa shape index (κ2) is 14.9. The third-order valence-electron chi connectivity index (χ3n) is 11.3. The minimum atomic E-state index is -1.33. The predicted octanol–water partition coefficient (Wildman–Crippen LogP) is 4.33. The number of carbonyl (C=O) groups is 4. The maximum atomic E-state index is 14.7. The van der Waals surface area contributed by atoms with Gasteiger partial charge in [-0.05, 0) is 44.6 Å². The molecule has 1 aromatic rings. The van der Waals surface area contributed by atoms with Crippen LogP contribution in [0.5, 0.6) is 0 Å². The molecule has 1 aliphatic carbocycles. The summed E-state index contributed by atoms with van der Waals surface area (Å²) in [5.74, 6) is -2.92. The highest BCUT2D eigenvalue weighted by molar-refractivity contribution is 5.99. The number of allylic oxidation sites excluding steroid dienone is 1. The van der Waals surface area contributed by atoms with Gasteiger partial charge >= 0.3 is 5.97 Å². The Labute approximate surface area is 284 Å². The molecule has 1 aromatic carbocycles. The molecular formula is C38H51N3O7. The van der Waals surface area contributed by atoms with Gasteiger partial charge in [-0.25, -0.2) is 0 Å². The van der Waals surface area contributed by atoms with Gasteiger partial charge in [0.1, 0.15) is 23.7 Å². The number of ether oxygens (including phenoxy) is 2. The number of hydrogen-bond acceptors (Lipinski definition) is 7. The number of nitrogens with zero attached hydrogens (tertiary/aromatic N) is 3. The topological polar surface area (TPSA) is 117 Å². The van der Waals surface area contributed by atoms with Crippen molar-refractivity contribution in [3.05, 3.63) is 60.2 Å². The Kier molecular flexibility index (Phi) is 10.7. The van der Waals surface area contributed by atoms with Gasteiger partial charge in [-0.3, -0.25) is 19.2 Å². The van der Waals surface area contributed by atoms with E-state index in [1.807, 2.05) is 60.4 Å². The first-order valence-electron chi connectivity index (χ1n) is 18.0. The molecule has 2 saturated heterocycles. The first-order chi connectivity index (χ1) is 23.3. The number of likely N-dealkylation sites (tertiary alicyclic amines) is 1. The minimum Gasteiger partial charge on any atom is -0.455 e. The Morgan fingerprint density at radius 2 is 1.69 bits per heavy atom. The molecule has 1 saturated carbocycles. The van der Waals surface area contributed by atoms with E-state index >= 15 is 0 Å². The second-order valence-electron chi connectivity index (χ2n) is 14.2. The lowest BCUT2D eigenvalue weighted by atomic mass is 9.77. The number of esters is 1. The highest BCUT2D eigenvalue weighted by Gasteiger charge is 2.72. The van der Waals surface area contributed by atoms with Crippen LogP contribution in [0.4, 0.5) is 0 Å². The van der Waals surface area contributed by atoms with Gasteiger partial charge in [-0.15, -0.1) is 0 Å². The highest BCUT2D eigenvalue weighted by atomic mass is 16.6. The van der Waals surface area contributed by atoms with E-state index in [9.17, 15) is 24.3 Å². The van der Waals surface area contributed by atoms with Crippen molar-refractivity contribution in [1.82, 2.24) is 14.7 Å². The molecule has 260 valence electrons. The number of aliphatic hydroxyl groups is 1. The monoisotopic (exact) mass is 661 g/mol. The lowest BCUT2D eigenvalue weighted by Crippen LogP contribution is -2.57. The Morgan fingerprint density at radius 3 is 2.44 bits per heavy atom. The van der Waals surface area contributed by atoms with E-state index in [1.165, 1.54) is 0 Å². The minimum absolute atomic E-state index is 0.0611. The van der Waals surface area contributed by atoms with Crippen molar-refractivity contribution in [2.45, 2.75) is 113 Å². The van der Waals surface area contributed by atoms with Gasteiger partial charge in [0.05, 0.1) is 18.1 Å². The molecule has 4 aliphatic heterocycles. The molecule has 0 unspecified atom stereocenters. The fourth-order valence-electron chi connectivity index (χ4n) is 8.61. The zero-order valence-corrected chi connectivity index (χ0v) is 28.4. The standard InChI is InChI=1S/C38H51N3O7/c1-26-33(27-16-7-5-8-17-27)47-37(46)31-29(20-11-12-21-30(43)39(26)2)48-38-22-15-24-40(28-18-9-6-10-19-28)36(45)34(38)41(35(44)32(31)38)23-13-3-4-14-25-42/h5,7-8,11,15-17,20,22,26,28-29,31-34,42H,3-4,6,9-10,12-14,18-19,21,23-25H2,1-2H3/b20-11-/t26-,29-,31+,32+,33+,34-,38+/m1/s1. The number of cyclic esters (lactones) is 1. The summed E-state index contributed by atoms with van der Waals surface area (Å²) in [6, 6.07) is 8.13. The molecule has 6 rings (SSSR count). The average molecular weight is 662 g/mol. The molecular weight excluding hydrogens is 610 g/mol. The summed E-state index contributed by atoms with van der Waals surface area (Å²) < 4.78 is 13.3. The van der Waals surface area contributed by atoms with Crippen molar-refractivity contribution in [3.63, 3.8) is 0 Å². The number of aliphatic hydroxyl groups excluding tert-OH is 1. The quantitative estimate of drug-likeness (QED) is 0.251. The van der Waals surface area contributed by atoms with Crippen LogP contribution in [0.15, 0.2) is 54.6 Å². The molecule has 3 amide bonds. The van der Waals surface area contributed by atoms with Crippen molar-refractivity contribution in [3.8, 4) is 0 Å². The summed E-state index contributed by atoms with van der Waals surface area (Å²) in [7, 11) is 1.73. The molecule has 1 N–H and O–H groups in total. The van der Waals surface area contributed by atoms with Gasteiger partial charge in [-0.1, -0.05) is 86.7 Å². The number of hydrogen-bond donors (Lipinski definition) is 1. The lowest BCUT2D eigenvalue weighted by molar-refractivity contribution is -0.164. The van der Waals surface area contributed by atoms with E-state index in [0.717, 1.165) is 50.5 Å². The summed E-state index contributed by atoms with van der Waals surface area (Å²) in [6.07, 6.45) is 14.8. The maximum Gasteiger partial charge on any atom is 0.313 e. The maximum absolute atomic E-state index is 14.7. The van der Waals surface area contributed by atoms with Crippen LogP contribution in [-0.2, 0) is 28.7 Å². The fourth-order valence-corrected chi connectivity index (χ4v) is 8.61. The van der Waals surface area contributed by atoms with E-state index in [-0.39, 0.29) is 36.8 Å². The van der Waals surface area contributed by atoms with Gasteiger partial charge in [0.25, 0.3) is 0 Å². The predicted molar refractivity (Wildman–Crippen MR) is 179 cm³/mol. The summed E-state index contributed by atoms with van der Waals surface area (Å²) in [5.41, 5.74) is -0.578. The van der Waals surface area contributed by atoms with Crippen LogP contribution in [0.3, 0.4) is 0 Å². The average Bonchev–Trinajstić information content (AvgIpc) is 3.48. The third kappa shape index (κ3) is 6.45. The lowest BCUT2D eigenvalue weighted by Gasteiger charge is -2.39. The van der Waals surface area contributed by atoms with Crippen molar-refractivity contribution in [1.29, 1.82) is 0 Å². The summed E-state index contributed by atoms with van der Waals surface area (Å²) in [6.45, 7) is 2.80.